The minimum Gasteiger partial charge on any atom is -0.115 e. The minimum atomic E-state index is -0.0156. The van der Waals surface area contributed by atoms with Crippen molar-refractivity contribution in [2.45, 2.75) is 126 Å². The highest BCUT2D eigenvalue weighted by Crippen LogP contribution is 2.76. The van der Waals surface area contributed by atoms with E-state index in [0.29, 0.717) is 11.1 Å². The van der Waals surface area contributed by atoms with Gasteiger partial charge in [-0.2, -0.15) is 0 Å². The van der Waals surface area contributed by atoms with Gasteiger partial charge in [-0.15, -0.1) is 38.5 Å². The highest BCUT2D eigenvalue weighted by Gasteiger charge is 2.68. The fraction of sp³-hybridized carbons (Fsp3) is 0.444. The molecule has 0 nitrogen and oxygen atoms in total. The molecule has 3 aromatic rings. The molecule has 0 amide bonds. The molecular weight excluding hydrogens is 649 g/mol. The van der Waals surface area contributed by atoms with Gasteiger partial charge < -0.3 is 0 Å². The second-order valence-electron chi connectivity index (χ2n) is 20.8. The topological polar surface area (TPSA) is 0 Å². The van der Waals surface area contributed by atoms with Crippen LogP contribution < -0.4 is 0 Å². The van der Waals surface area contributed by atoms with Gasteiger partial charge in [-0.25, -0.2) is 0 Å². The van der Waals surface area contributed by atoms with Crippen molar-refractivity contribution in [1.29, 1.82) is 0 Å². The molecule has 8 fully saturated rings. The first-order valence-corrected chi connectivity index (χ1v) is 19.8. The summed E-state index contributed by atoms with van der Waals surface area (Å²) in [5.74, 6) is 17.2. The molecule has 0 aliphatic heterocycles. The molecule has 0 radical (unpaired) electrons. The van der Waals surface area contributed by atoms with Crippen LogP contribution in [0.25, 0.3) is 0 Å². The van der Waals surface area contributed by atoms with Crippen LogP contribution in [0.3, 0.4) is 0 Å². The summed E-state index contributed by atoms with van der Waals surface area (Å²) in [6.45, 7) is 10.2. The Labute approximate surface area is 325 Å². The Kier molecular flexibility index (Phi) is 6.97. The molecule has 3 aromatic carbocycles. The van der Waals surface area contributed by atoms with Gasteiger partial charge in [-0.05, 0) is 167 Å². The van der Waals surface area contributed by atoms with Crippen LogP contribution in [-0.4, -0.2) is 0 Å². The molecule has 4 unspecified atom stereocenters. The summed E-state index contributed by atoms with van der Waals surface area (Å²) in [6.07, 6.45) is 50.5. The largest absolute Gasteiger partial charge is 0.115 e. The summed E-state index contributed by atoms with van der Waals surface area (Å²) >= 11 is 0. The number of hydrogen-bond acceptors (Lipinski definition) is 0. The third kappa shape index (κ3) is 4.74. The first-order chi connectivity index (χ1) is 25.6. The summed E-state index contributed by atoms with van der Waals surface area (Å²) in [6, 6.07) is 18.9. The van der Waals surface area contributed by atoms with Crippen LogP contribution in [0, 0.1) is 95.7 Å². The summed E-state index contributed by atoms with van der Waals surface area (Å²) in [4.78, 5) is 0. The number of terminal acetylenes is 6. The van der Waals surface area contributed by atoms with Crippen LogP contribution in [0.1, 0.15) is 160 Å². The van der Waals surface area contributed by atoms with Crippen molar-refractivity contribution in [3.8, 4) is 74.1 Å². The van der Waals surface area contributed by atoms with E-state index in [1.165, 1.54) is 60.8 Å². The van der Waals surface area contributed by atoms with Gasteiger partial charge in [0.15, 0.2) is 0 Å². The molecule has 8 aliphatic rings. The van der Waals surface area contributed by atoms with Crippen molar-refractivity contribution in [2.24, 2.45) is 21.7 Å². The Hall–Kier alpha value is -4.98. The molecule has 0 heterocycles. The third-order valence-electron chi connectivity index (χ3n) is 15.7. The van der Waals surface area contributed by atoms with Crippen LogP contribution in [-0.2, 0) is 21.7 Å². The molecule has 11 rings (SSSR count). The zero-order valence-electron chi connectivity index (χ0n) is 32.6. The third-order valence-corrected chi connectivity index (χ3v) is 15.7. The Morgan fingerprint density at radius 1 is 0.352 bits per heavy atom. The van der Waals surface area contributed by atoms with Crippen molar-refractivity contribution >= 4 is 0 Å². The maximum absolute atomic E-state index is 6.09. The van der Waals surface area contributed by atoms with Gasteiger partial charge in [-0.1, -0.05) is 87.5 Å². The van der Waals surface area contributed by atoms with E-state index >= 15 is 0 Å². The van der Waals surface area contributed by atoms with Crippen LogP contribution in [0.5, 0.6) is 0 Å². The molecular formula is C54H50. The molecule has 0 N–H and O–H groups in total. The minimum absolute atomic E-state index is 0.0156. The van der Waals surface area contributed by atoms with Crippen molar-refractivity contribution < 1.29 is 0 Å². The summed E-state index contributed by atoms with van der Waals surface area (Å²) in [7, 11) is 0. The second kappa shape index (κ2) is 10.8. The van der Waals surface area contributed by atoms with Gasteiger partial charge in [0.05, 0.1) is 11.1 Å². The molecule has 0 spiro atoms. The summed E-state index contributed by atoms with van der Waals surface area (Å²) in [5, 5.41) is 0. The van der Waals surface area contributed by atoms with E-state index in [1.807, 2.05) is 0 Å². The SMILES string of the molecule is C#Cc1cc(C23CC4(C)CC(C)(CC(c5cccc(C67CC8(C)CC(C)(C6)CC(c6cc(C#C)c(C#C)c(C#C)c6)(C8)C7)c5)(C4)C2)C3)cc(C#C)c1C#C. The standard InChI is InChI=1S/C54H50/c1-11-37-20-43(21-38(12-2)45(37)15-5)53-31-47(7)25-48(8,32-53)28-51(27-47,35-53)41-18-17-19-42(24-41)52-29-49(9)26-50(10,30-52)34-54(33-49,36-52)44-22-39(13-3)46(16-6)40(14-4)23-44/h1-6,17-24H,25-36H2,7-10H3. The van der Waals surface area contributed by atoms with Gasteiger partial charge in [0.25, 0.3) is 0 Å². The number of rotatable bonds is 4. The average molecular weight is 699 g/mol. The van der Waals surface area contributed by atoms with Crippen LogP contribution >= 0.6 is 0 Å². The fourth-order valence-electron chi connectivity index (χ4n) is 16.5. The number of hydrogen-bond donors (Lipinski definition) is 0. The van der Waals surface area contributed by atoms with Crippen LogP contribution in [0.4, 0.5) is 0 Å². The first-order valence-electron chi connectivity index (χ1n) is 19.8. The van der Waals surface area contributed by atoms with E-state index in [1.54, 1.807) is 0 Å². The molecule has 8 saturated carbocycles. The lowest BCUT2D eigenvalue weighted by Gasteiger charge is -2.71. The summed E-state index contributed by atoms with van der Waals surface area (Å²) < 4.78 is 0. The van der Waals surface area contributed by atoms with Gasteiger partial charge in [0, 0.05) is 22.3 Å². The second-order valence-corrected chi connectivity index (χ2v) is 20.8. The Morgan fingerprint density at radius 3 is 0.889 bits per heavy atom. The van der Waals surface area contributed by atoms with E-state index in [-0.39, 0.29) is 43.3 Å². The fourth-order valence-corrected chi connectivity index (χ4v) is 16.5. The lowest BCUT2D eigenvalue weighted by molar-refractivity contribution is -0.128. The molecule has 8 bridgehead atoms. The molecule has 266 valence electrons. The van der Waals surface area contributed by atoms with E-state index in [2.05, 4.69) is 112 Å². The first kappa shape index (κ1) is 34.8. The zero-order chi connectivity index (χ0) is 38.2. The molecule has 0 saturated heterocycles. The Balaban J connectivity index is 1.17. The zero-order valence-corrected chi connectivity index (χ0v) is 32.6. The van der Waals surface area contributed by atoms with E-state index < -0.39 is 0 Å². The van der Waals surface area contributed by atoms with Crippen molar-refractivity contribution in [3.63, 3.8) is 0 Å². The van der Waals surface area contributed by atoms with Crippen molar-refractivity contribution in [1.82, 2.24) is 0 Å². The number of benzene rings is 3. The van der Waals surface area contributed by atoms with Crippen molar-refractivity contribution in [3.05, 3.63) is 104 Å². The molecule has 54 heavy (non-hydrogen) atoms. The van der Waals surface area contributed by atoms with Gasteiger partial charge >= 0.3 is 0 Å². The van der Waals surface area contributed by atoms with Gasteiger partial charge in [0.2, 0.25) is 0 Å². The predicted octanol–water partition coefficient (Wildman–Crippen LogP) is 10.7. The van der Waals surface area contributed by atoms with E-state index in [0.717, 1.165) is 60.8 Å². The van der Waals surface area contributed by atoms with Gasteiger partial charge in [0.1, 0.15) is 0 Å². The van der Waals surface area contributed by atoms with E-state index in [4.69, 9.17) is 38.5 Å². The predicted molar refractivity (Wildman–Crippen MR) is 221 cm³/mol. The normalized spacial score (nSPS) is 39.1. The maximum atomic E-state index is 6.09. The van der Waals surface area contributed by atoms with Crippen LogP contribution in [0.2, 0.25) is 0 Å². The highest BCUT2D eigenvalue weighted by atomic mass is 14.7. The smallest absolute Gasteiger partial charge is 0.0555 e. The maximum Gasteiger partial charge on any atom is 0.0555 e. The quantitative estimate of drug-likeness (QED) is 0.238. The lowest BCUT2D eigenvalue weighted by Crippen LogP contribution is -2.63. The molecule has 8 aliphatic carbocycles. The Morgan fingerprint density at radius 2 is 0.630 bits per heavy atom. The lowest BCUT2D eigenvalue weighted by atomic mass is 9.33. The average Bonchev–Trinajstić information content (AvgIpc) is 3.10. The van der Waals surface area contributed by atoms with Crippen LogP contribution in [0.15, 0.2) is 48.5 Å². The van der Waals surface area contributed by atoms with Crippen molar-refractivity contribution in [2.75, 3.05) is 0 Å². The molecule has 0 aromatic heterocycles. The summed E-state index contributed by atoms with van der Waals surface area (Å²) in [5.41, 5.74) is 10.9. The monoisotopic (exact) mass is 698 g/mol. The molecule has 0 heteroatoms. The van der Waals surface area contributed by atoms with E-state index in [9.17, 15) is 0 Å². The molecule has 4 atom stereocenters. The highest BCUT2D eigenvalue weighted by molar-refractivity contribution is 5.62. The Bertz CT molecular complexity index is 2180. The van der Waals surface area contributed by atoms with Gasteiger partial charge in [-0.3, -0.25) is 0 Å².